The Morgan fingerprint density at radius 3 is 0.862 bits per heavy atom. The lowest BCUT2D eigenvalue weighted by atomic mass is 10.1. The van der Waals surface area contributed by atoms with Gasteiger partial charge in [0.05, 0.1) is 0 Å². The molecule has 0 aromatic heterocycles. The maximum atomic E-state index is 12.8. The van der Waals surface area contributed by atoms with E-state index in [1.807, 2.05) is 0 Å². The van der Waals surface area contributed by atoms with E-state index in [0.717, 1.165) is 173 Å². The molecule has 0 rings (SSSR count). The minimum absolute atomic E-state index is 0.106. The lowest BCUT2D eigenvalue weighted by molar-refractivity contribution is -0.167. The molecule has 0 spiro atoms. The molecule has 0 aromatic rings. The summed E-state index contributed by atoms with van der Waals surface area (Å²) >= 11 is 0. The van der Waals surface area contributed by atoms with E-state index in [0.29, 0.717) is 19.3 Å². The van der Waals surface area contributed by atoms with Gasteiger partial charge >= 0.3 is 17.9 Å². The molecule has 0 saturated carbocycles. The molecule has 0 N–H and O–H groups in total. The second-order valence-electron chi connectivity index (χ2n) is 16.6. The van der Waals surface area contributed by atoms with Crippen LogP contribution in [-0.2, 0) is 28.6 Å². The third-order valence-corrected chi connectivity index (χ3v) is 10.4. The molecule has 6 heteroatoms. The van der Waals surface area contributed by atoms with E-state index >= 15 is 0 Å². The number of hydrogen-bond donors (Lipinski definition) is 0. The van der Waals surface area contributed by atoms with Crippen LogP contribution in [-0.4, -0.2) is 37.2 Å². The lowest BCUT2D eigenvalue weighted by Gasteiger charge is -2.18. The molecule has 6 nitrogen and oxygen atoms in total. The van der Waals surface area contributed by atoms with Crippen molar-refractivity contribution in [2.45, 2.75) is 219 Å². The van der Waals surface area contributed by atoms with Gasteiger partial charge in [-0.3, -0.25) is 14.4 Å². The van der Waals surface area contributed by atoms with Gasteiger partial charge in [-0.1, -0.05) is 194 Å². The van der Waals surface area contributed by atoms with Gasteiger partial charge in [0, 0.05) is 19.3 Å². The Bertz CT molecular complexity index is 1400. The Kier molecular flexibility index (Phi) is 49.1. The van der Waals surface area contributed by atoms with Gasteiger partial charge in [0.25, 0.3) is 0 Å². The molecule has 0 saturated heterocycles. The van der Waals surface area contributed by atoms with Crippen LogP contribution < -0.4 is 0 Å². The van der Waals surface area contributed by atoms with E-state index in [-0.39, 0.29) is 31.1 Å². The summed E-state index contributed by atoms with van der Waals surface area (Å²) in [6, 6.07) is 0. The van der Waals surface area contributed by atoms with Crippen molar-refractivity contribution in [3.63, 3.8) is 0 Å². The predicted molar refractivity (Wildman–Crippen MR) is 279 cm³/mol. The molecule has 0 fully saturated rings. The van der Waals surface area contributed by atoms with Crippen molar-refractivity contribution in [3.05, 3.63) is 122 Å². The largest absolute Gasteiger partial charge is 0.462 e. The third-order valence-electron chi connectivity index (χ3n) is 10.4. The molecule has 0 aliphatic carbocycles. The number of unbranched alkanes of at least 4 members (excludes halogenated alkanes) is 14. The van der Waals surface area contributed by atoms with Crippen molar-refractivity contribution in [2.75, 3.05) is 13.2 Å². The van der Waals surface area contributed by atoms with Crippen LogP contribution in [0.4, 0.5) is 0 Å². The van der Waals surface area contributed by atoms with Crippen LogP contribution in [0.3, 0.4) is 0 Å². The molecule has 0 aliphatic heterocycles. The summed E-state index contributed by atoms with van der Waals surface area (Å²) in [6.45, 7) is 6.23. The average Bonchev–Trinajstić information content (AvgIpc) is 3.30. The van der Waals surface area contributed by atoms with E-state index in [1.165, 1.54) is 0 Å². The number of ether oxygens (including phenoxy) is 3. The zero-order valence-electron chi connectivity index (χ0n) is 41.7. The van der Waals surface area contributed by atoms with Crippen molar-refractivity contribution in [1.29, 1.82) is 0 Å². The summed E-state index contributed by atoms with van der Waals surface area (Å²) in [6.07, 6.45) is 71.8. The van der Waals surface area contributed by atoms with Crippen LogP contribution in [0.2, 0.25) is 0 Å². The normalized spacial score (nSPS) is 13.1. The van der Waals surface area contributed by atoms with Crippen molar-refractivity contribution >= 4 is 17.9 Å². The fourth-order valence-corrected chi connectivity index (χ4v) is 6.64. The van der Waals surface area contributed by atoms with Crippen molar-refractivity contribution in [1.82, 2.24) is 0 Å². The lowest BCUT2D eigenvalue weighted by Crippen LogP contribution is -2.30. The van der Waals surface area contributed by atoms with Crippen LogP contribution in [0.25, 0.3) is 0 Å². The second kappa shape index (κ2) is 52.4. The molecule has 1 unspecified atom stereocenters. The van der Waals surface area contributed by atoms with Crippen LogP contribution in [0.5, 0.6) is 0 Å². The van der Waals surface area contributed by atoms with E-state index < -0.39 is 6.10 Å². The molecule has 65 heavy (non-hydrogen) atoms. The standard InChI is InChI=1S/C59H94O6/c1-4-7-10-13-16-19-22-25-28-29-32-34-37-40-43-46-49-52-58(61)64-55-56(65-59(62)53-50-47-44-41-38-35-31-27-24-21-18-15-12-9-6-3)54-63-57(60)51-48-45-42-39-36-33-30-26-23-20-17-14-11-8-5-2/h7-12,16-21,25-28,30-32,34,56H,4-6,13-15,22-24,29,33,35-55H2,1-3H3/b10-7-,11-8-,12-9-,19-16-,20-17-,21-18-,28-25-,30-26-,31-27-,34-32-. The monoisotopic (exact) mass is 899 g/mol. The van der Waals surface area contributed by atoms with E-state index in [1.54, 1.807) is 0 Å². The first-order chi connectivity index (χ1) is 32.0. The molecule has 366 valence electrons. The first-order valence-corrected chi connectivity index (χ1v) is 26.0. The third kappa shape index (κ3) is 50.7. The first-order valence-electron chi connectivity index (χ1n) is 26.0. The summed E-state index contributed by atoms with van der Waals surface area (Å²) in [5.74, 6) is -0.970. The minimum Gasteiger partial charge on any atom is -0.462 e. The van der Waals surface area contributed by atoms with Gasteiger partial charge in [-0.05, 0) is 122 Å². The van der Waals surface area contributed by atoms with Gasteiger partial charge < -0.3 is 14.2 Å². The fourth-order valence-electron chi connectivity index (χ4n) is 6.64. The number of carbonyl (C=O) groups is 3. The highest BCUT2D eigenvalue weighted by atomic mass is 16.6. The van der Waals surface area contributed by atoms with Gasteiger partial charge in [0.2, 0.25) is 0 Å². The zero-order chi connectivity index (χ0) is 47.2. The van der Waals surface area contributed by atoms with Gasteiger partial charge in [0.15, 0.2) is 6.10 Å². The van der Waals surface area contributed by atoms with Crippen molar-refractivity contribution in [2.24, 2.45) is 0 Å². The van der Waals surface area contributed by atoms with Crippen LogP contribution in [0.15, 0.2) is 122 Å². The molecule has 0 amide bonds. The number of rotatable bonds is 45. The number of carbonyl (C=O) groups excluding carboxylic acids is 3. The molecular formula is C59H94O6. The topological polar surface area (TPSA) is 78.9 Å². The Morgan fingerprint density at radius 1 is 0.308 bits per heavy atom. The maximum absolute atomic E-state index is 12.8. The summed E-state index contributed by atoms with van der Waals surface area (Å²) in [7, 11) is 0. The Morgan fingerprint density at radius 2 is 0.554 bits per heavy atom. The minimum atomic E-state index is -0.808. The highest BCUT2D eigenvalue weighted by Crippen LogP contribution is 2.13. The number of esters is 3. The molecule has 0 heterocycles. The Balaban J connectivity index is 4.51. The molecule has 0 radical (unpaired) electrons. The van der Waals surface area contributed by atoms with E-state index in [9.17, 15) is 14.4 Å². The molecule has 0 bridgehead atoms. The highest BCUT2D eigenvalue weighted by Gasteiger charge is 2.19. The summed E-state index contributed by atoms with van der Waals surface area (Å²) in [5, 5.41) is 0. The Hall–Kier alpha value is -4.19. The maximum Gasteiger partial charge on any atom is 0.306 e. The SMILES string of the molecule is CC/C=C\C/C=C\C/C=C\C/C=C\CCCCCCC(=O)OCC(COC(=O)CCCCCCC/C=C\C/C=C\C/C=C\CC)OC(=O)CCCCCCC/C=C\C/C=C\C/C=C\CC. The van der Waals surface area contributed by atoms with Crippen LogP contribution >= 0.6 is 0 Å². The molecular weight excluding hydrogens is 805 g/mol. The summed E-state index contributed by atoms with van der Waals surface area (Å²) in [4.78, 5) is 38.0. The number of allylic oxidation sites excluding steroid dienone is 20. The van der Waals surface area contributed by atoms with Crippen LogP contribution in [0, 0.1) is 0 Å². The summed E-state index contributed by atoms with van der Waals surface area (Å²) in [5.41, 5.74) is 0. The van der Waals surface area contributed by atoms with Gasteiger partial charge in [-0.25, -0.2) is 0 Å². The van der Waals surface area contributed by atoms with Gasteiger partial charge in [0.1, 0.15) is 13.2 Å². The number of hydrogen-bond acceptors (Lipinski definition) is 6. The second-order valence-corrected chi connectivity index (χ2v) is 16.6. The van der Waals surface area contributed by atoms with Crippen LogP contribution in [0.1, 0.15) is 213 Å². The highest BCUT2D eigenvalue weighted by molar-refractivity contribution is 5.71. The average molecular weight is 899 g/mol. The Labute approximate surface area is 399 Å². The van der Waals surface area contributed by atoms with E-state index in [2.05, 4.69) is 142 Å². The van der Waals surface area contributed by atoms with Gasteiger partial charge in [-0.2, -0.15) is 0 Å². The smallest absolute Gasteiger partial charge is 0.306 e. The predicted octanol–water partition coefficient (Wildman–Crippen LogP) is 17.3. The van der Waals surface area contributed by atoms with Crippen molar-refractivity contribution in [3.8, 4) is 0 Å². The molecule has 0 aromatic carbocycles. The zero-order valence-corrected chi connectivity index (χ0v) is 41.7. The first kappa shape index (κ1) is 60.8. The van der Waals surface area contributed by atoms with E-state index in [4.69, 9.17) is 14.2 Å². The molecule has 1 atom stereocenters. The summed E-state index contributed by atoms with van der Waals surface area (Å²) < 4.78 is 16.8. The molecule has 0 aliphatic rings. The fraction of sp³-hybridized carbons (Fsp3) is 0.610. The van der Waals surface area contributed by atoms with Gasteiger partial charge in [-0.15, -0.1) is 0 Å². The van der Waals surface area contributed by atoms with Crippen molar-refractivity contribution < 1.29 is 28.6 Å². The quantitative estimate of drug-likeness (QED) is 0.0262.